The molecule has 6 nitrogen and oxygen atoms in total. The standard InChI is InChI=1S/C18H24N2O4/c1-18(2,17(23)24)9-10-19-15(21)8-7-13-11-12-5-3-4-6-14(12)20-16(13)22/h3-6,13H,7-11H2,1-2H3,(H,19,21)(H,20,22)(H,23,24). The quantitative estimate of drug-likeness (QED) is 0.713. The van der Waals surface area contributed by atoms with Gasteiger partial charge in [0.15, 0.2) is 0 Å². The summed E-state index contributed by atoms with van der Waals surface area (Å²) in [7, 11) is 0. The summed E-state index contributed by atoms with van der Waals surface area (Å²) in [5.74, 6) is -1.29. The highest BCUT2D eigenvalue weighted by molar-refractivity contribution is 5.96. The van der Waals surface area contributed by atoms with Gasteiger partial charge < -0.3 is 15.7 Å². The zero-order valence-electron chi connectivity index (χ0n) is 14.1. The monoisotopic (exact) mass is 332 g/mol. The van der Waals surface area contributed by atoms with Gasteiger partial charge in [0.25, 0.3) is 0 Å². The van der Waals surface area contributed by atoms with Gasteiger partial charge in [0, 0.05) is 24.6 Å². The molecule has 0 aromatic heterocycles. The van der Waals surface area contributed by atoms with Crippen LogP contribution in [0.25, 0.3) is 0 Å². The first kappa shape index (κ1) is 18.0. The second-order valence-corrected chi connectivity index (χ2v) is 6.88. The number of hydrogen-bond acceptors (Lipinski definition) is 3. The summed E-state index contributed by atoms with van der Waals surface area (Å²) in [4.78, 5) is 35.0. The van der Waals surface area contributed by atoms with Crippen molar-refractivity contribution in [2.45, 2.75) is 39.5 Å². The lowest BCUT2D eigenvalue weighted by Crippen LogP contribution is -2.33. The van der Waals surface area contributed by atoms with E-state index in [1.807, 2.05) is 24.3 Å². The molecule has 1 aromatic rings. The maximum atomic E-state index is 12.1. The van der Waals surface area contributed by atoms with Gasteiger partial charge in [-0.1, -0.05) is 18.2 Å². The minimum absolute atomic E-state index is 0.0477. The fourth-order valence-electron chi connectivity index (χ4n) is 2.66. The van der Waals surface area contributed by atoms with Gasteiger partial charge in [-0.2, -0.15) is 0 Å². The van der Waals surface area contributed by atoms with Gasteiger partial charge in [-0.25, -0.2) is 0 Å². The number of carbonyl (C=O) groups excluding carboxylic acids is 2. The highest BCUT2D eigenvalue weighted by Gasteiger charge is 2.28. The Labute approximate surface area is 141 Å². The Morgan fingerprint density at radius 3 is 2.75 bits per heavy atom. The molecule has 0 fully saturated rings. The average Bonchev–Trinajstić information content (AvgIpc) is 2.52. The van der Waals surface area contributed by atoms with Crippen LogP contribution in [0.4, 0.5) is 5.69 Å². The molecule has 0 saturated heterocycles. The summed E-state index contributed by atoms with van der Waals surface area (Å²) in [6, 6.07) is 7.67. The molecule has 1 atom stereocenters. The van der Waals surface area contributed by atoms with Gasteiger partial charge in [0.05, 0.1) is 5.41 Å². The summed E-state index contributed by atoms with van der Waals surface area (Å²) in [5, 5.41) is 14.6. The minimum Gasteiger partial charge on any atom is -0.481 e. The number of nitrogens with one attached hydrogen (secondary N) is 2. The molecule has 3 N–H and O–H groups in total. The van der Waals surface area contributed by atoms with Crippen LogP contribution in [0.15, 0.2) is 24.3 Å². The fraction of sp³-hybridized carbons (Fsp3) is 0.500. The first-order chi connectivity index (χ1) is 11.3. The molecule has 2 amide bonds. The number of carboxylic acids is 1. The van der Waals surface area contributed by atoms with Gasteiger partial charge in [0.1, 0.15) is 0 Å². The molecule has 24 heavy (non-hydrogen) atoms. The largest absolute Gasteiger partial charge is 0.481 e. The Balaban J connectivity index is 1.76. The molecule has 0 bridgehead atoms. The van der Waals surface area contributed by atoms with E-state index in [4.69, 9.17) is 5.11 Å². The van der Waals surface area contributed by atoms with Crippen molar-refractivity contribution in [1.29, 1.82) is 0 Å². The van der Waals surface area contributed by atoms with Gasteiger partial charge in [-0.3, -0.25) is 14.4 Å². The molecule has 1 aliphatic rings. The molecule has 1 heterocycles. The summed E-state index contributed by atoms with van der Waals surface area (Å²) in [5.41, 5.74) is 1.07. The van der Waals surface area contributed by atoms with Crippen molar-refractivity contribution in [3.8, 4) is 0 Å². The van der Waals surface area contributed by atoms with Crippen molar-refractivity contribution in [2.24, 2.45) is 11.3 Å². The normalized spacial score (nSPS) is 16.9. The van der Waals surface area contributed by atoms with Crippen LogP contribution in [-0.4, -0.2) is 29.4 Å². The number of carboxylic acid groups (broad SMARTS) is 1. The molecular weight excluding hydrogens is 308 g/mol. The molecular formula is C18H24N2O4. The molecule has 6 heteroatoms. The number of aliphatic carboxylic acids is 1. The predicted octanol–water partition coefficient (Wildman–Crippen LogP) is 2.19. The first-order valence-electron chi connectivity index (χ1n) is 8.18. The Morgan fingerprint density at radius 1 is 1.33 bits per heavy atom. The van der Waals surface area contributed by atoms with Crippen molar-refractivity contribution in [1.82, 2.24) is 5.32 Å². The number of amides is 2. The molecule has 0 radical (unpaired) electrons. The lowest BCUT2D eigenvalue weighted by Gasteiger charge is -2.24. The van der Waals surface area contributed by atoms with E-state index in [0.717, 1.165) is 11.3 Å². The third kappa shape index (κ3) is 4.57. The lowest BCUT2D eigenvalue weighted by atomic mass is 9.89. The van der Waals surface area contributed by atoms with Crippen molar-refractivity contribution in [3.05, 3.63) is 29.8 Å². The number of fused-ring (bicyclic) bond motifs is 1. The number of benzene rings is 1. The Kier molecular flexibility index (Phi) is 5.59. The van der Waals surface area contributed by atoms with E-state index in [-0.39, 0.29) is 24.2 Å². The van der Waals surface area contributed by atoms with Crippen molar-refractivity contribution >= 4 is 23.5 Å². The maximum absolute atomic E-state index is 12.1. The van der Waals surface area contributed by atoms with Crippen LogP contribution in [0, 0.1) is 11.3 Å². The van der Waals surface area contributed by atoms with E-state index >= 15 is 0 Å². The van der Waals surface area contributed by atoms with Crippen LogP contribution in [0.5, 0.6) is 0 Å². The first-order valence-corrected chi connectivity index (χ1v) is 8.18. The Hall–Kier alpha value is -2.37. The van der Waals surface area contributed by atoms with Gasteiger partial charge in [-0.05, 0) is 44.7 Å². The smallest absolute Gasteiger partial charge is 0.309 e. The van der Waals surface area contributed by atoms with E-state index < -0.39 is 11.4 Å². The van der Waals surface area contributed by atoms with Crippen LogP contribution in [0.2, 0.25) is 0 Å². The zero-order valence-corrected chi connectivity index (χ0v) is 14.1. The summed E-state index contributed by atoms with van der Waals surface area (Å²) < 4.78 is 0. The topological polar surface area (TPSA) is 95.5 Å². The Morgan fingerprint density at radius 2 is 2.04 bits per heavy atom. The number of para-hydroxylation sites is 1. The zero-order chi connectivity index (χ0) is 17.7. The molecule has 130 valence electrons. The van der Waals surface area contributed by atoms with Crippen LogP contribution in [0.3, 0.4) is 0 Å². The maximum Gasteiger partial charge on any atom is 0.309 e. The van der Waals surface area contributed by atoms with E-state index in [2.05, 4.69) is 10.6 Å². The SMILES string of the molecule is CC(C)(CCNC(=O)CCC1Cc2ccccc2NC1=O)C(=O)O. The third-order valence-corrected chi connectivity index (χ3v) is 4.48. The molecule has 1 unspecified atom stereocenters. The molecule has 1 aromatic carbocycles. The minimum atomic E-state index is -0.880. The van der Waals surface area contributed by atoms with Crippen LogP contribution in [-0.2, 0) is 20.8 Å². The van der Waals surface area contributed by atoms with E-state index in [0.29, 0.717) is 25.8 Å². The lowest BCUT2D eigenvalue weighted by molar-refractivity contribution is -0.147. The van der Waals surface area contributed by atoms with Crippen LogP contribution in [0.1, 0.15) is 38.7 Å². The fourth-order valence-corrected chi connectivity index (χ4v) is 2.66. The molecule has 2 rings (SSSR count). The highest BCUT2D eigenvalue weighted by atomic mass is 16.4. The molecule has 1 aliphatic heterocycles. The highest BCUT2D eigenvalue weighted by Crippen LogP contribution is 2.27. The molecule has 0 saturated carbocycles. The average molecular weight is 332 g/mol. The molecule has 0 aliphatic carbocycles. The van der Waals surface area contributed by atoms with Crippen molar-refractivity contribution < 1.29 is 19.5 Å². The van der Waals surface area contributed by atoms with Crippen molar-refractivity contribution in [3.63, 3.8) is 0 Å². The van der Waals surface area contributed by atoms with Gasteiger partial charge >= 0.3 is 5.97 Å². The van der Waals surface area contributed by atoms with Crippen LogP contribution < -0.4 is 10.6 Å². The second kappa shape index (κ2) is 7.47. The summed E-state index contributed by atoms with van der Waals surface area (Å²) in [6.45, 7) is 3.58. The number of rotatable bonds is 7. The van der Waals surface area contributed by atoms with E-state index in [1.54, 1.807) is 13.8 Å². The van der Waals surface area contributed by atoms with Gasteiger partial charge in [0.2, 0.25) is 11.8 Å². The van der Waals surface area contributed by atoms with Crippen molar-refractivity contribution in [2.75, 3.05) is 11.9 Å². The number of carbonyl (C=O) groups is 3. The summed E-state index contributed by atoms with van der Waals surface area (Å²) >= 11 is 0. The number of hydrogen-bond donors (Lipinski definition) is 3. The predicted molar refractivity (Wildman–Crippen MR) is 90.5 cm³/mol. The summed E-state index contributed by atoms with van der Waals surface area (Å²) in [6.07, 6.45) is 1.74. The molecule has 0 spiro atoms. The Bertz CT molecular complexity index is 640. The second-order valence-electron chi connectivity index (χ2n) is 6.88. The van der Waals surface area contributed by atoms with Gasteiger partial charge in [-0.15, -0.1) is 0 Å². The number of anilines is 1. The van der Waals surface area contributed by atoms with E-state index in [9.17, 15) is 14.4 Å². The van der Waals surface area contributed by atoms with E-state index in [1.165, 1.54) is 0 Å². The third-order valence-electron chi connectivity index (χ3n) is 4.48. The van der Waals surface area contributed by atoms with Crippen LogP contribution >= 0.6 is 0 Å².